The summed E-state index contributed by atoms with van der Waals surface area (Å²) < 4.78 is 15.0. The van der Waals surface area contributed by atoms with Crippen LogP contribution in [0, 0.1) is 5.82 Å². The van der Waals surface area contributed by atoms with Gasteiger partial charge in [-0.05, 0) is 30.3 Å². The normalized spacial score (nSPS) is 10.6. The van der Waals surface area contributed by atoms with Gasteiger partial charge in [-0.15, -0.1) is 0 Å². The van der Waals surface area contributed by atoms with Crippen LogP contribution in [-0.2, 0) is 13.1 Å². The Labute approximate surface area is 169 Å². The number of carbonyl (C=O) groups is 1. The fourth-order valence-electron chi connectivity index (χ4n) is 2.55. The van der Waals surface area contributed by atoms with Gasteiger partial charge in [0.25, 0.3) is 0 Å². The molecule has 0 aliphatic carbocycles. The number of halogens is 3. The molecule has 0 saturated heterocycles. The molecule has 0 bridgehead atoms. The van der Waals surface area contributed by atoms with Gasteiger partial charge in [-0.2, -0.15) is 0 Å². The van der Waals surface area contributed by atoms with E-state index >= 15 is 0 Å². The molecule has 3 aromatic rings. The van der Waals surface area contributed by atoms with Crippen molar-refractivity contribution in [2.24, 2.45) is 5.73 Å². The van der Waals surface area contributed by atoms with Gasteiger partial charge in [0.15, 0.2) is 0 Å². The third-order valence-electron chi connectivity index (χ3n) is 3.86. The monoisotopic (exact) mass is 448 g/mol. The van der Waals surface area contributed by atoms with E-state index in [1.807, 2.05) is 18.2 Å². The van der Waals surface area contributed by atoms with E-state index in [2.05, 4.69) is 25.9 Å². The Morgan fingerprint density at radius 2 is 2.00 bits per heavy atom. The molecule has 3 rings (SSSR count). The maximum Gasteiger partial charge on any atom is 0.250 e. The molecule has 5 nitrogen and oxygen atoms in total. The molecule has 1 aromatic carbocycles. The molecule has 27 heavy (non-hydrogen) atoms. The summed E-state index contributed by atoms with van der Waals surface area (Å²) in [5.41, 5.74) is 6.73. The van der Waals surface area contributed by atoms with Crippen molar-refractivity contribution < 1.29 is 9.18 Å². The third-order valence-corrected chi connectivity index (χ3v) is 4.63. The average molecular weight is 450 g/mol. The highest BCUT2D eigenvalue weighted by atomic mass is 79.9. The molecule has 0 spiro atoms. The SMILES string of the molecule is NC(=O)c1cnc(N(Cc2ccccn2)Cc2ccc(Br)cc2F)c(Cl)c1. The minimum atomic E-state index is -0.619. The van der Waals surface area contributed by atoms with Crippen LogP contribution in [0.15, 0.2) is 59.3 Å². The highest BCUT2D eigenvalue weighted by molar-refractivity contribution is 9.10. The summed E-state index contributed by atoms with van der Waals surface area (Å²) in [5.74, 6) is -0.555. The Morgan fingerprint density at radius 3 is 2.63 bits per heavy atom. The fraction of sp³-hybridized carbons (Fsp3) is 0.105. The molecule has 2 aromatic heterocycles. The second-order valence-corrected chi connectivity index (χ2v) is 7.13. The van der Waals surface area contributed by atoms with Gasteiger partial charge < -0.3 is 10.6 Å². The first kappa shape index (κ1) is 19.3. The molecule has 0 atom stereocenters. The van der Waals surface area contributed by atoms with E-state index in [1.54, 1.807) is 23.2 Å². The van der Waals surface area contributed by atoms with Crippen molar-refractivity contribution in [2.45, 2.75) is 13.1 Å². The van der Waals surface area contributed by atoms with Gasteiger partial charge in [-0.1, -0.05) is 39.7 Å². The Bertz CT molecular complexity index is 971. The van der Waals surface area contributed by atoms with Crippen molar-refractivity contribution in [3.63, 3.8) is 0 Å². The van der Waals surface area contributed by atoms with Gasteiger partial charge in [0, 0.05) is 29.0 Å². The highest BCUT2D eigenvalue weighted by Crippen LogP contribution is 2.28. The second kappa shape index (κ2) is 8.45. The summed E-state index contributed by atoms with van der Waals surface area (Å²) in [7, 11) is 0. The molecule has 0 saturated carbocycles. The van der Waals surface area contributed by atoms with E-state index in [0.29, 0.717) is 22.4 Å². The summed E-state index contributed by atoms with van der Waals surface area (Å²) in [6, 6.07) is 11.9. The zero-order valence-corrected chi connectivity index (χ0v) is 16.4. The molecule has 8 heteroatoms. The van der Waals surface area contributed by atoms with E-state index in [0.717, 1.165) is 5.69 Å². The largest absolute Gasteiger partial charge is 0.366 e. The minimum absolute atomic E-state index is 0.205. The first-order valence-corrected chi connectivity index (χ1v) is 9.15. The Morgan fingerprint density at radius 1 is 1.19 bits per heavy atom. The molecular weight excluding hydrogens is 435 g/mol. The van der Waals surface area contributed by atoms with Crippen LogP contribution in [0.4, 0.5) is 10.2 Å². The van der Waals surface area contributed by atoms with Crippen LogP contribution in [-0.4, -0.2) is 15.9 Å². The first-order chi connectivity index (χ1) is 12.9. The number of carbonyl (C=O) groups excluding carboxylic acids is 1. The number of hydrogen-bond acceptors (Lipinski definition) is 4. The van der Waals surface area contributed by atoms with Gasteiger partial charge in [0.1, 0.15) is 11.6 Å². The van der Waals surface area contributed by atoms with Crippen molar-refractivity contribution in [2.75, 3.05) is 4.90 Å². The number of aromatic nitrogens is 2. The minimum Gasteiger partial charge on any atom is -0.366 e. The standard InChI is InChI=1S/C19H15BrClFN4O/c20-14-5-4-12(17(22)8-14)10-26(11-15-3-1-2-6-24-15)19-16(21)7-13(9-25-19)18(23)27/h1-9H,10-11H2,(H2,23,27). The summed E-state index contributed by atoms with van der Waals surface area (Å²) in [5, 5.41) is 0.250. The van der Waals surface area contributed by atoms with Crippen molar-refractivity contribution in [1.29, 1.82) is 0 Å². The number of amides is 1. The Balaban J connectivity index is 1.98. The lowest BCUT2D eigenvalue weighted by Gasteiger charge is -2.25. The second-order valence-electron chi connectivity index (χ2n) is 5.81. The Kier molecular flexibility index (Phi) is 6.03. The number of nitrogens with two attached hydrogens (primary N) is 1. The summed E-state index contributed by atoms with van der Waals surface area (Å²) in [4.78, 5) is 21.7. The smallest absolute Gasteiger partial charge is 0.250 e. The number of nitrogens with zero attached hydrogens (tertiary/aromatic N) is 3. The highest BCUT2D eigenvalue weighted by Gasteiger charge is 2.17. The average Bonchev–Trinajstić information content (AvgIpc) is 2.64. The lowest BCUT2D eigenvalue weighted by Crippen LogP contribution is -2.25. The molecule has 2 N–H and O–H groups in total. The molecule has 0 aliphatic rings. The third kappa shape index (κ3) is 4.81. The molecular formula is C19H15BrClFN4O. The predicted molar refractivity (Wildman–Crippen MR) is 106 cm³/mol. The molecule has 138 valence electrons. The van der Waals surface area contributed by atoms with Gasteiger partial charge in [0.05, 0.1) is 22.8 Å². The number of pyridine rings is 2. The van der Waals surface area contributed by atoms with Crippen LogP contribution in [0.25, 0.3) is 0 Å². The number of rotatable bonds is 6. The zero-order chi connectivity index (χ0) is 19.4. The lowest BCUT2D eigenvalue weighted by atomic mass is 10.2. The summed E-state index contributed by atoms with van der Waals surface area (Å²) in [6.45, 7) is 0.581. The van der Waals surface area contributed by atoms with E-state index in [1.165, 1.54) is 18.3 Å². The maximum absolute atomic E-state index is 14.3. The lowest BCUT2D eigenvalue weighted by molar-refractivity contribution is 0.1000. The Hall–Kier alpha value is -2.51. The zero-order valence-electron chi connectivity index (χ0n) is 14.1. The number of anilines is 1. The fourth-order valence-corrected chi connectivity index (χ4v) is 3.17. The van der Waals surface area contributed by atoms with E-state index in [-0.39, 0.29) is 22.9 Å². The summed E-state index contributed by atoms with van der Waals surface area (Å²) >= 11 is 9.59. The molecule has 0 aliphatic heterocycles. The molecule has 0 unspecified atom stereocenters. The van der Waals surface area contributed by atoms with Gasteiger partial charge in [-0.3, -0.25) is 9.78 Å². The number of hydrogen-bond donors (Lipinski definition) is 1. The van der Waals surface area contributed by atoms with Gasteiger partial charge in [0.2, 0.25) is 5.91 Å². The summed E-state index contributed by atoms with van der Waals surface area (Å²) in [6.07, 6.45) is 3.03. The van der Waals surface area contributed by atoms with E-state index < -0.39 is 5.91 Å². The number of benzene rings is 1. The number of primary amides is 1. The van der Waals surface area contributed by atoms with Crippen molar-refractivity contribution >= 4 is 39.3 Å². The topological polar surface area (TPSA) is 72.1 Å². The molecule has 0 radical (unpaired) electrons. The molecule has 1 amide bonds. The van der Waals surface area contributed by atoms with E-state index in [4.69, 9.17) is 17.3 Å². The van der Waals surface area contributed by atoms with Crippen LogP contribution >= 0.6 is 27.5 Å². The van der Waals surface area contributed by atoms with Gasteiger partial charge in [-0.25, -0.2) is 9.37 Å². The van der Waals surface area contributed by atoms with Crippen LogP contribution < -0.4 is 10.6 Å². The van der Waals surface area contributed by atoms with Crippen molar-refractivity contribution in [1.82, 2.24) is 9.97 Å². The predicted octanol–water partition coefficient (Wildman–Crippen LogP) is 4.34. The molecule has 2 heterocycles. The van der Waals surface area contributed by atoms with Crippen LogP contribution in [0.2, 0.25) is 5.02 Å². The van der Waals surface area contributed by atoms with Crippen LogP contribution in [0.3, 0.4) is 0 Å². The van der Waals surface area contributed by atoms with Crippen LogP contribution in [0.1, 0.15) is 21.6 Å². The van der Waals surface area contributed by atoms with Crippen molar-refractivity contribution in [3.8, 4) is 0 Å². The molecule has 0 fully saturated rings. The van der Waals surface area contributed by atoms with Crippen molar-refractivity contribution in [3.05, 3.63) is 87.0 Å². The first-order valence-electron chi connectivity index (χ1n) is 7.98. The maximum atomic E-state index is 14.3. The quantitative estimate of drug-likeness (QED) is 0.608. The van der Waals surface area contributed by atoms with Crippen LogP contribution in [0.5, 0.6) is 0 Å². The van der Waals surface area contributed by atoms with E-state index in [9.17, 15) is 9.18 Å². The van der Waals surface area contributed by atoms with Gasteiger partial charge >= 0.3 is 0 Å².